The number of rotatable bonds is 6. The van der Waals surface area contributed by atoms with Crippen LogP contribution in [0.4, 0.5) is 0 Å². The van der Waals surface area contributed by atoms with Gasteiger partial charge in [-0.05, 0) is 37.6 Å². The van der Waals surface area contributed by atoms with E-state index >= 15 is 0 Å². The van der Waals surface area contributed by atoms with Crippen molar-refractivity contribution < 1.29 is 4.79 Å². The Morgan fingerprint density at radius 2 is 1.80 bits per heavy atom. The van der Waals surface area contributed by atoms with Crippen LogP contribution >= 0.6 is 0 Å². The Labute approximate surface area is 147 Å². The van der Waals surface area contributed by atoms with Crippen LogP contribution in [0.3, 0.4) is 0 Å². The van der Waals surface area contributed by atoms with Crippen molar-refractivity contribution in [2.24, 2.45) is 0 Å². The van der Waals surface area contributed by atoms with Crippen molar-refractivity contribution in [3.63, 3.8) is 0 Å². The molecule has 1 N–H and O–H groups in total. The van der Waals surface area contributed by atoms with Gasteiger partial charge in [-0.1, -0.05) is 48.4 Å². The number of nitrogens with zero attached hydrogens (tertiary/aromatic N) is 3. The van der Waals surface area contributed by atoms with Crippen LogP contribution in [0.5, 0.6) is 0 Å². The average Bonchev–Trinajstić information content (AvgIpc) is 3.12. The van der Waals surface area contributed by atoms with Gasteiger partial charge in [-0.25, -0.2) is 4.68 Å². The van der Waals surface area contributed by atoms with E-state index in [0.29, 0.717) is 12.1 Å². The van der Waals surface area contributed by atoms with Crippen LogP contribution in [0.1, 0.15) is 35.7 Å². The summed E-state index contributed by atoms with van der Waals surface area (Å²) in [4.78, 5) is 12.1. The van der Waals surface area contributed by atoms with Gasteiger partial charge in [-0.2, -0.15) is 0 Å². The lowest BCUT2D eigenvalue weighted by Crippen LogP contribution is -2.24. The van der Waals surface area contributed by atoms with Gasteiger partial charge >= 0.3 is 0 Å². The molecule has 128 valence electrons. The number of carbonyl (C=O) groups is 1. The molecule has 5 nitrogen and oxygen atoms in total. The molecule has 1 amide bonds. The first-order valence-corrected chi connectivity index (χ1v) is 8.55. The smallest absolute Gasteiger partial charge is 0.251 e. The Morgan fingerprint density at radius 1 is 1.08 bits per heavy atom. The lowest BCUT2D eigenvalue weighted by Gasteiger charge is -2.08. The topological polar surface area (TPSA) is 59.8 Å². The van der Waals surface area contributed by atoms with Crippen molar-refractivity contribution >= 4 is 5.91 Å². The maximum absolute atomic E-state index is 12.1. The number of hydrogen-bond acceptors (Lipinski definition) is 3. The van der Waals surface area contributed by atoms with E-state index in [9.17, 15) is 4.79 Å². The molecule has 0 fully saturated rings. The number of hydrogen-bond donors (Lipinski definition) is 1. The summed E-state index contributed by atoms with van der Waals surface area (Å²) in [5.74, 6) is -0.0441. The van der Waals surface area contributed by atoms with Gasteiger partial charge in [-0.3, -0.25) is 4.79 Å². The minimum Gasteiger partial charge on any atom is -0.352 e. The summed E-state index contributed by atoms with van der Waals surface area (Å²) in [6, 6.07) is 15.7. The van der Waals surface area contributed by atoms with Gasteiger partial charge in [0, 0.05) is 17.7 Å². The van der Waals surface area contributed by atoms with E-state index in [4.69, 9.17) is 0 Å². The van der Waals surface area contributed by atoms with E-state index in [2.05, 4.69) is 53.7 Å². The Kier molecular flexibility index (Phi) is 5.23. The van der Waals surface area contributed by atoms with E-state index in [1.807, 2.05) is 24.3 Å². The second-order valence-corrected chi connectivity index (χ2v) is 6.05. The molecule has 0 atom stereocenters. The van der Waals surface area contributed by atoms with Gasteiger partial charge in [0.2, 0.25) is 0 Å². The van der Waals surface area contributed by atoms with Gasteiger partial charge in [0.1, 0.15) is 0 Å². The SMILES string of the molecule is CCCCNC(=O)c1ccc(-n2nncc2-c2ccc(C)cc2)cc1. The molecular weight excluding hydrogens is 312 g/mol. The molecule has 1 aromatic heterocycles. The van der Waals surface area contributed by atoms with E-state index < -0.39 is 0 Å². The van der Waals surface area contributed by atoms with Crippen molar-refractivity contribution in [3.8, 4) is 16.9 Å². The molecule has 0 saturated heterocycles. The second-order valence-electron chi connectivity index (χ2n) is 6.05. The van der Waals surface area contributed by atoms with Crippen LogP contribution in [0.15, 0.2) is 54.7 Å². The normalized spacial score (nSPS) is 10.6. The van der Waals surface area contributed by atoms with Crippen LogP contribution in [-0.2, 0) is 0 Å². The first-order chi connectivity index (χ1) is 12.2. The molecule has 0 unspecified atom stereocenters. The number of nitrogens with one attached hydrogen (secondary N) is 1. The molecule has 3 aromatic rings. The molecule has 0 aliphatic heterocycles. The zero-order chi connectivity index (χ0) is 17.6. The molecule has 5 heteroatoms. The largest absolute Gasteiger partial charge is 0.352 e. The van der Waals surface area contributed by atoms with Crippen LogP contribution in [0.25, 0.3) is 16.9 Å². The predicted molar refractivity (Wildman–Crippen MR) is 98.8 cm³/mol. The predicted octanol–water partition coefficient (Wildman–Crippen LogP) is 3.77. The molecule has 25 heavy (non-hydrogen) atoms. The van der Waals surface area contributed by atoms with E-state index in [1.54, 1.807) is 10.9 Å². The number of aryl methyl sites for hydroxylation is 1. The minimum atomic E-state index is -0.0441. The van der Waals surface area contributed by atoms with Crippen molar-refractivity contribution in [1.29, 1.82) is 0 Å². The number of amides is 1. The average molecular weight is 334 g/mol. The van der Waals surface area contributed by atoms with Crippen molar-refractivity contribution in [3.05, 3.63) is 65.9 Å². The molecule has 0 spiro atoms. The zero-order valence-electron chi connectivity index (χ0n) is 14.6. The first-order valence-electron chi connectivity index (χ1n) is 8.55. The molecule has 0 aliphatic carbocycles. The Balaban J connectivity index is 1.80. The van der Waals surface area contributed by atoms with Crippen LogP contribution < -0.4 is 5.32 Å². The second kappa shape index (κ2) is 7.75. The monoisotopic (exact) mass is 334 g/mol. The molecule has 3 rings (SSSR count). The quantitative estimate of drug-likeness (QED) is 0.698. The van der Waals surface area contributed by atoms with Crippen molar-refractivity contribution in [1.82, 2.24) is 20.3 Å². The third-order valence-electron chi connectivity index (χ3n) is 4.09. The highest BCUT2D eigenvalue weighted by molar-refractivity contribution is 5.94. The summed E-state index contributed by atoms with van der Waals surface area (Å²) in [6.45, 7) is 4.87. The van der Waals surface area contributed by atoms with E-state index in [0.717, 1.165) is 29.8 Å². The number of aromatic nitrogens is 3. The van der Waals surface area contributed by atoms with Crippen LogP contribution in [-0.4, -0.2) is 27.4 Å². The zero-order valence-corrected chi connectivity index (χ0v) is 14.6. The summed E-state index contributed by atoms with van der Waals surface area (Å²) >= 11 is 0. The maximum atomic E-state index is 12.1. The van der Waals surface area contributed by atoms with Gasteiger partial charge in [0.15, 0.2) is 0 Å². The fourth-order valence-electron chi connectivity index (χ4n) is 2.58. The number of benzene rings is 2. The van der Waals surface area contributed by atoms with Gasteiger partial charge in [-0.15, -0.1) is 5.10 Å². The molecule has 0 aliphatic rings. The maximum Gasteiger partial charge on any atom is 0.251 e. The molecule has 0 saturated carbocycles. The van der Waals surface area contributed by atoms with E-state index in [1.165, 1.54) is 5.56 Å². The van der Waals surface area contributed by atoms with Gasteiger partial charge in [0.05, 0.1) is 17.6 Å². The lowest BCUT2D eigenvalue weighted by molar-refractivity contribution is 0.0953. The summed E-state index contributed by atoms with van der Waals surface area (Å²) in [5.41, 5.74) is 4.70. The minimum absolute atomic E-state index is 0.0441. The van der Waals surface area contributed by atoms with Crippen LogP contribution in [0, 0.1) is 6.92 Å². The van der Waals surface area contributed by atoms with Gasteiger partial charge < -0.3 is 5.32 Å². The third-order valence-corrected chi connectivity index (χ3v) is 4.09. The Hall–Kier alpha value is -2.95. The highest BCUT2D eigenvalue weighted by atomic mass is 16.1. The molecule has 2 aromatic carbocycles. The van der Waals surface area contributed by atoms with Crippen LogP contribution in [0.2, 0.25) is 0 Å². The summed E-state index contributed by atoms with van der Waals surface area (Å²) < 4.78 is 1.78. The summed E-state index contributed by atoms with van der Waals surface area (Å²) in [5, 5.41) is 11.1. The molecule has 0 radical (unpaired) electrons. The molecular formula is C20H22N4O. The van der Waals surface area contributed by atoms with Crippen molar-refractivity contribution in [2.75, 3.05) is 6.54 Å². The molecule has 1 heterocycles. The molecule has 0 bridgehead atoms. The lowest BCUT2D eigenvalue weighted by atomic mass is 10.1. The van der Waals surface area contributed by atoms with E-state index in [-0.39, 0.29) is 5.91 Å². The Bertz CT molecular complexity index is 835. The third kappa shape index (κ3) is 3.94. The number of unbranched alkanes of at least 4 members (excludes halogenated alkanes) is 1. The Morgan fingerprint density at radius 3 is 2.48 bits per heavy atom. The first kappa shape index (κ1) is 16.9. The number of carbonyl (C=O) groups excluding carboxylic acids is 1. The highest BCUT2D eigenvalue weighted by Crippen LogP contribution is 2.22. The standard InChI is InChI=1S/C20H22N4O/c1-3-4-13-21-20(25)17-9-11-18(12-10-17)24-19(14-22-23-24)16-7-5-15(2)6-8-16/h5-12,14H,3-4,13H2,1-2H3,(H,21,25). The van der Waals surface area contributed by atoms with Crippen molar-refractivity contribution in [2.45, 2.75) is 26.7 Å². The summed E-state index contributed by atoms with van der Waals surface area (Å²) in [6.07, 6.45) is 3.80. The highest BCUT2D eigenvalue weighted by Gasteiger charge is 2.10. The van der Waals surface area contributed by atoms with Gasteiger partial charge in [0.25, 0.3) is 5.91 Å². The summed E-state index contributed by atoms with van der Waals surface area (Å²) in [7, 11) is 0. The fraction of sp³-hybridized carbons (Fsp3) is 0.250. The fourth-order valence-corrected chi connectivity index (χ4v) is 2.58.